The average molecular weight is 275 g/mol. The van der Waals surface area contributed by atoms with Crippen molar-refractivity contribution in [2.75, 3.05) is 6.54 Å². The van der Waals surface area contributed by atoms with Crippen LogP contribution in [0.1, 0.15) is 18.9 Å². The van der Waals surface area contributed by atoms with Crippen molar-refractivity contribution in [3.05, 3.63) is 33.4 Å². The molecule has 0 fully saturated rings. The zero-order chi connectivity index (χ0) is 8.81. The van der Waals surface area contributed by atoms with E-state index in [0.29, 0.717) is 0 Å². The van der Waals surface area contributed by atoms with Gasteiger partial charge < -0.3 is 5.32 Å². The monoisotopic (exact) mass is 275 g/mol. The van der Waals surface area contributed by atoms with Crippen molar-refractivity contribution in [2.45, 2.75) is 19.9 Å². The Bertz CT molecular complexity index is 218. The molecular weight excluding hydrogens is 261 g/mol. The second-order valence-corrected chi connectivity index (χ2v) is 4.05. The summed E-state index contributed by atoms with van der Waals surface area (Å²) >= 11 is 2.32. The van der Waals surface area contributed by atoms with E-state index in [2.05, 4.69) is 59.1 Å². The van der Waals surface area contributed by atoms with Gasteiger partial charge in [0.25, 0.3) is 0 Å². The standard InChI is InChI=1S/C10H14IN/c1-2-7-12-8-9-3-5-10(11)6-4-9/h3-6,12H,2,7-8H2,1H3. The van der Waals surface area contributed by atoms with Crippen LogP contribution in [0.3, 0.4) is 0 Å². The van der Waals surface area contributed by atoms with Crippen LogP contribution in [-0.2, 0) is 6.54 Å². The van der Waals surface area contributed by atoms with Gasteiger partial charge in [0.15, 0.2) is 0 Å². The van der Waals surface area contributed by atoms with Crippen molar-refractivity contribution in [3.8, 4) is 0 Å². The zero-order valence-corrected chi connectivity index (χ0v) is 9.47. The molecule has 0 heterocycles. The molecule has 12 heavy (non-hydrogen) atoms. The third-order valence-electron chi connectivity index (χ3n) is 1.67. The molecule has 0 saturated carbocycles. The number of nitrogens with one attached hydrogen (secondary N) is 1. The fourth-order valence-electron chi connectivity index (χ4n) is 1.01. The van der Waals surface area contributed by atoms with E-state index in [1.807, 2.05) is 0 Å². The zero-order valence-electron chi connectivity index (χ0n) is 7.31. The molecule has 0 atom stereocenters. The summed E-state index contributed by atoms with van der Waals surface area (Å²) < 4.78 is 1.30. The van der Waals surface area contributed by atoms with Crippen LogP contribution in [0.4, 0.5) is 0 Å². The Hall–Kier alpha value is -0.0900. The molecular formula is C10H14IN. The number of halogens is 1. The number of benzene rings is 1. The largest absolute Gasteiger partial charge is 0.313 e. The summed E-state index contributed by atoms with van der Waals surface area (Å²) in [7, 11) is 0. The minimum atomic E-state index is 0.991. The van der Waals surface area contributed by atoms with E-state index in [1.54, 1.807) is 0 Å². The number of rotatable bonds is 4. The van der Waals surface area contributed by atoms with E-state index in [4.69, 9.17) is 0 Å². The van der Waals surface area contributed by atoms with Crippen molar-refractivity contribution in [3.63, 3.8) is 0 Å². The average Bonchev–Trinajstić information content (AvgIpc) is 2.09. The van der Waals surface area contributed by atoms with E-state index >= 15 is 0 Å². The van der Waals surface area contributed by atoms with Gasteiger partial charge in [0, 0.05) is 10.1 Å². The summed E-state index contributed by atoms with van der Waals surface area (Å²) in [6.45, 7) is 4.28. The van der Waals surface area contributed by atoms with E-state index in [-0.39, 0.29) is 0 Å². The maximum Gasteiger partial charge on any atom is 0.0205 e. The van der Waals surface area contributed by atoms with Gasteiger partial charge in [-0.25, -0.2) is 0 Å². The van der Waals surface area contributed by atoms with Gasteiger partial charge in [0.2, 0.25) is 0 Å². The molecule has 66 valence electrons. The van der Waals surface area contributed by atoms with Gasteiger partial charge in [0.05, 0.1) is 0 Å². The summed E-state index contributed by atoms with van der Waals surface area (Å²) in [4.78, 5) is 0. The Balaban J connectivity index is 2.37. The molecule has 1 N–H and O–H groups in total. The van der Waals surface area contributed by atoms with Gasteiger partial charge in [-0.3, -0.25) is 0 Å². The van der Waals surface area contributed by atoms with Crippen molar-refractivity contribution in [2.24, 2.45) is 0 Å². The predicted octanol–water partition coefficient (Wildman–Crippen LogP) is 2.79. The second-order valence-electron chi connectivity index (χ2n) is 2.80. The Morgan fingerprint density at radius 1 is 1.25 bits per heavy atom. The Kier molecular flexibility index (Phi) is 4.61. The van der Waals surface area contributed by atoms with Gasteiger partial charge in [0.1, 0.15) is 0 Å². The quantitative estimate of drug-likeness (QED) is 0.658. The molecule has 0 aliphatic heterocycles. The Morgan fingerprint density at radius 2 is 1.92 bits per heavy atom. The first-order valence-corrected chi connectivity index (χ1v) is 5.36. The lowest BCUT2D eigenvalue weighted by Gasteiger charge is -2.02. The van der Waals surface area contributed by atoms with Crippen LogP contribution < -0.4 is 5.32 Å². The fraction of sp³-hybridized carbons (Fsp3) is 0.400. The van der Waals surface area contributed by atoms with Crippen molar-refractivity contribution >= 4 is 22.6 Å². The molecule has 0 bridgehead atoms. The van der Waals surface area contributed by atoms with Crippen LogP contribution in [-0.4, -0.2) is 6.54 Å². The molecule has 0 aromatic heterocycles. The lowest BCUT2D eigenvalue weighted by atomic mass is 10.2. The van der Waals surface area contributed by atoms with Gasteiger partial charge in [-0.05, 0) is 53.3 Å². The topological polar surface area (TPSA) is 12.0 Å². The lowest BCUT2D eigenvalue weighted by molar-refractivity contribution is 0.675. The van der Waals surface area contributed by atoms with Crippen molar-refractivity contribution < 1.29 is 0 Å². The first kappa shape index (κ1) is 9.99. The molecule has 0 aliphatic carbocycles. The Labute approximate surface area is 87.7 Å². The molecule has 1 nitrogen and oxygen atoms in total. The molecule has 2 heteroatoms. The van der Waals surface area contributed by atoms with Crippen LogP contribution in [0.15, 0.2) is 24.3 Å². The highest BCUT2D eigenvalue weighted by Gasteiger charge is 1.90. The summed E-state index contributed by atoms with van der Waals surface area (Å²) in [5, 5.41) is 3.37. The molecule has 0 spiro atoms. The smallest absolute Gasteiger partial charge is 0.0205 e. The van der Waals surface area contributed by atoms with Crippen molar-refractivity contribution in [1.29, 1.82) is 0 Å². The maximum atomic E-state index is 3.37. The molecule has 1 aromatic carbocycles. The van der Waals surface area contributed by atoms with E-state index in [1.165, 1.54) is 15.6 Å². The van der Waals surface area contributed by atoms with E-state index in [0.717, 1.165) is 13.1 Å². The SMILES string of the molecule is CCCNCc1ccc(I)cc1. The van der Waals surface area contributed by atoms with Gasteiger partial charge in [-0.15, -0.1) is 0 Å². The predicted molar refractivity (Wildman–Crippen MR) is 61.2 cm³/mol. The lowest BCUT2D eigenvalue weighted by Crippen LogP contribution is -2.13. The third kappa shape index (κ3) is 3.54. The summed E-state index contributed by atoms with van der Waals surface area (Å²) in [6, 6.07) is 8.63. The Morgan fingerprint density at radius 3 is 2.50 bits per heavy atom. The van der Waals surface area contributed by atoms with Crippen LogP contribution in [0.5, 0.6) is 0 Å². The van der Waals surface area contributed by atoms with Crippen LogP contribution in [0, 0.1) is 3.57 Å². The minimum absolute atomic E-state index is 0.991. The normalized spacial score (nSPS) is 10.2. The van der Waals surface area contributed by atoms with E-state index < -0.39 is 0 Å². The van der Waals surface area contributed by atoms with Crippen molar-refractivity contribution in [1.82, 2.24) is 5.32 Å². The van der Waals surface area contributed by atoms with E-state index in [9.17, 15) is 0 Å². The molecule has 0 radical (unpaired) electrons. The minimum Gasteiger partial charge on any atom is -0.313 e. The highest BCUT2D eigenvalue weighted by atomic mass is 127. The fourth-order valence-corrected chi connectivity index (χ4v) is 1.37. The summed E-state index contributed by atoms with van der Waals surface area (Å²) in [6.07, 6.45) is 1.20. The molecule has 0 unspecified atom stereocenters. The maximum absolute atomic E-state index is 3.37. The molecule has 0 amide bonds. The molecule has 1 rings (SSSR count). The van der Waals surface area contributed by atoms with Crippen LogP contribution >= 0.6 is 22.6 Å². The molecule has 0 saturated heterocycles. The number of hydrogen-bond acceptors (Lipinski definition) is 1. The highest BCUT2D eigenvalue weighted by molar-refractivity contribution is 14.1. The highest BCUT2D eigenvalue weighted by Crippen LogP contribution is 2.06. The van der Waals surface area contributed by atoms with Crippen LogP contribution in [0.25, 0.3) is 0 Å². The first-order chi connectivity index (χ1) is 5.83. The summed E-state index contributed by atoms with van der Waals surface area (Å²) in [5.41, 5.74) is 1.36. The number of hydrogen-bond donors (Lipinski definition) is 1. The van der Waals surface area contributed by atoms with Crippen LogP contribution in [0.2, 0.25) is 0 Å². The second kappa shape index (κ2) is 5.54. The van der Waals surface area contributed by atoms with Gasteiger partial charge in [-0.2, -0.15) is 0 Å². The van der Waals surface area contributed by atoms with Gasteiger partial charge >= 0.3 is 0 Å². The third-order valence-corrected chi connectivity index (χ3v) is 2.39. The molecule has 0 aliphatic rings. The summed E-state index contributed by atoms with van der Waals surface area (Å²) in [5.74, 6) is 0. The van der Waals surface area contributed by atoms with Gasteiger partial charge in [-0.1, -0.05) is 19.1 Å². The molecule has 1 aromatic rings. The first-order valence-electron chi connectivity index (χ1n) is 4.28.